The van der Waals surface area contributed by atoms with Crippen LogP contribution in [0.5, 0.6) is 0 Å². The molecule has 4 rings (SSSR count). The monoisotopic (exact) mass is 609 g/mol. The zero-order valence-corrected chi connectivity index (χ0v) is 24.5. The van der Waals surface area contributed by atoms with Crippen molar-refractivity contribution in [3.05, 3.63) is 58.1 Å². The third-order valence-corrected chi connectivity index (χ3v) is 13.2. The topological polar surface area (TPSA) is 124 Å². The van der Waals surface area contributed by atoms with Crippen LogP contribution in [-0.4, -0.2) is 49.2 Å². The van der Waals surface area contributed by atoms with Crippen LogP contribution in [-0.2, 0) is 27.3 Å². The highest BCUT2D eigenvalue weighted by molar-refractivity contribution is 7.48. The number of halogens is 4. The molecule has 0 bridgehead atoms. The Morgan fingerprint density at radius 3 is 2.60 bits per heavy atom. The van der Waals surface area contributed by atoms with Crippen molar-refractivity contribution >= 4 is 22.0 Å². The second kappa shape index (κ2) is 10.9. The Hall–Kier alpha value is -2.13. The van der Waals surface area contributed by atoms with Gasteiger partial charge < -0.3 is 14.9 Å². The van der Waals surface area contributed by atoms with Gasteiger partial charge in [0.2, 0.25) is 6.23 Å². The minimum absolute atomic E-state index is 0.0396. The molecule has 0 amide bonds. The van der Waals surface area contributed by atoms with Crippen LogP contribution in [0.2, 0.25) is 18.1 Å². The molecule has 10 nitrogen and oxygen atoms in total. The fraction of sp³-hybridized carbons (Fsp3) is 0.583. The average molecular weight is 610 g/mol. The van der Waals surface area contributed by atoms with Crippen LogP contribution in [0.25, 0.3) is 0 Å². The summed E-state index contributed by atoms with van der Waals surface area (Å²) in [6, 6.07) is 4.63. The maximum absolute atomic E-state index is 15.9. The minimum atomic E-state index is -4.44. The van der Waals surface area contributed by atoms with Gasteiger partial charge in [-0.1, -0.05) is 32.9 Å². The van der Waals surface area contributed by atoms with Gasteiger partial charge in [0.15, 0.2) is 20.0 Å². The zero-order chi connectivity index (χ0) is 29.7. The third-order valence-electron chi connectivity index (χ3n) is 7.29. The number of nitrogen functional groups attached to an aromatic ring is 1. The van der Waals surface area contributed by atoms with E-state index in [1.165, 1.54) is 18.2 Å². The Bertz CT molecular complexity index is 1360. The zero-order valence-electron chi connectivity index (χ0n) is 22.6. The van der Waals surface area contributed by atoms with E-state index < -0.39 is 75.6 Å². The third kappa shape index (κ3) is 6.05. The first kappa shape index (κ1) is 30.8. The first-order valence-corrected chi connectivity index (χ1v) is 16.9. The van der Waals surface area contributed by atoms with E-state index in [0.29, 0.717) is 4.57 Å². The lowest BCUT2D eigenvalue weighted by Crippen LogP contribution is -2.52. The van der Waals surface area contributed by atoms with Crippen molar-refractivity contribution in [2.24, 2.45) is 0 Å². The van der Waals surface area contributed by atoms with Gasteiger partial charge in [-0.2, -0.15) is 13.8 Å². The maximum Gasteiger partial charge on any atom is 0.475 e. The first-order valence-electron chi connectivity index (χ1n) is 12.5. The summed E-state index contributed by atoms with van der Waals surface area (Å²) in [5.41, 5.74) is 4.24. The molecule has 3 heterocycles. The summed E-state index contributed by atoms with van der Waals surface area (Å²) in [7, 11) is -7.29. The van der Waals surface area contributed by atoms with Crippen LogP contribution in [0.3, 0.4) is 0 Å². The lowest BCUT2D eigenvalue weighted by atomic mass is 10.1. The highest BCUT2D eigenvalue weighted by Gasteiger charge is 2.63. The van der Waals surface area contributed by atoms with Crippen molar-refractivity contribution in [2.45, 2.75) is 75.8 Å². The predicted molar refractivity (Wildman–Crippen MR) is 138 cm³/mol. The number of nitrogens with zero attached hydrogens (tertiary/aromatic N) is 2. The molecule has 1 aromatic carbocycles. The molecule has 2 fully saturated rings. The van der Waals surface area contributed by atoms with E-state index in [2.05, 4.69) is 4.98 Å². The number of hydrogen-bond acceptors (Lipinski definition) is 9. The van der Waals surface area contributed by atoms with Gasteiger partial charge in [-0.15, -0.1) is 0 Å². The van der Waals surface area contributed by atoms with Crippen molar-refractivity contribution in [3.8, 4) is 0 Å². The van der Waals surface area contributed by atoms with E-state index in [1.54, 1.807) is 13.1 Å². The minimum Gasteiger partial charge on any atom is -0.405 e. The molecule has 2 aromatic rings. The van der Waals surface area contributed by atoms with Crippen LogP contribution >= 0.6 is 7.82 Å². The Labute approximate surface area is 229 Å². The average Bonchev–Trinajstić information content (AvgIpc) is 3.08. The fourth-order valence-electron chi connectivity index (χ4n) is 4.07. The van der Waals surface area contributed by atoms with Crippen LogP contribution in [0, 0.1) is 11.6 Å². The van der Waals surface area contributed by atoms with Gasteiger partial charge in [-0.3, -0.25) is 18.1 Å². The fourth-order valence-corrected chi connectivity index (χ4v) is 6.75. The molecule has 0 unspecified atom stereocenters. The van der Waals surface area contributed by atoms with E-state index in [0.717, 1.165) is 12.3 Å². The molecule has 0 aliphatic carbocycles. The molecule has 0 saturated carbocycles. The summed E-state index contributed by atoms with van der Waals surface area (Å²) >= 11 is 0. The smallest absolute Gasteiger partial charge is 0.405 e. The lowest BCUT2D eigenvalue weighted by molar-refractivity contribution is -0.138. The van der Waals surface area contributed by atoms with E-state index in [1.807, 2.05) is 20.8 Å². The Morgan fingerprint density at radius 2 is 1.95 bits per heavy atom. The number of aromatic nitrogens is 2. The summed E-state index contributed by atoms with van der Waals surface area (Å²) in [5.74, 6) is -6.21. The number of anilines is 1. The highest BCUT2D eigenvalue weighted by Crippen LogP contribution is 2.58. The molecule has 0 radical (unpaired) electrons. The van der Waals surface area contributed by atoms with E-state index in [4.69, 9.17) is 28.5 Å². The quantitative estimate of drug-likeness (QED) is 0.252. The number of hydrogen-bond donors (Lipinski definition) is 1. The number of benzene rings is 1. The van der Waals surface area contributed by atoms with Crippen LogP contribution in [0.15, 0.2) is 35.3 Å². The van der Waals surface area contributed by atoms with Gasteiger partial charge in [-0.25, -0.2) is 18.1 Å². The van der Waals surface area contributed by atoms with Gasteiger partial charge in [0, 0.05) is 18.2 Å². The summed E-state index contributed by atoms with van der Waals surface area (Å²) < 4.78 is 101. The maximum atomic E-state index is 15.9. The van der Waals surface area contributed by atoms with Gasteiger partial charge in [0.1, 0.15) is 18.0 Å². The largest absolute Gasteiger partial charge is 0.475 e. The lowest BCUT2D eigenvalue weighted by Gasteiger charge is -2.40. The van der Waals surface area contributed by atoms with E-state index >= 15 is 8.78 Å². The number of ether oxygens (including phenoxy) is 1. The van der Waals surface area contributed by atoms with Crippen molar-refractivity contribution in [3.63, 3.8) is 0 Å². The normalized spacial score (nSPS) is 29.0. The molecule has 40 heavy (non-hydrogen) atoms. The second-order valence-electron chi connectivity index (χ2n) is 11.1. The molecule has 0 spiro atoms. The summed E-state index contributed by atoms with van der Waals surface area (Å²) in [4.78, 5) is 15.9. The van der Waals surface area contributed by atoms with Crippen molar-refractivity contribution in [1.29, 1.82) is 0 Å². The molecule has 5 atom stereocenters. The first-order chi connectivity index (χ1) is 18.4. The van der Waals surface area contributed by atoms with Crippen LogP contribution in [0.4, 0.5) is 23.4 Å². The predicted octanol–water partition coefficient (Wildman–Crippen LogP) is 5.33. The van der Waals surface area contributed by atoms with Crippen molar-refractivity contribution in [1.82, 2.24) is 9.55 Å². The Kier molecular flexibility index (Phi) is 8.42. The molecule has 2 aliphatic rings. The van der Waals surface area contributed by atoms with E-state index in [-0.39, 0.29) is 24.4 Å². The van der Waals surface area contributed by atoms with Crippen molar-refractivity contribution in [2.75, 3.05) is 18.9 Å². The summed E-state index contributed by atoms with van der Waals surface area (Å²) in [5, 5.41) is -0.475. The molecule has 222 valence electrons. The SMILES string of the molecule is CC(C)(C)[Si](C)(C)O[C@@H]1[C@@H](CO[P@]2(=O)OCC[C@H](c3cccc(F)c3F)O2)O[C@@H](n2ccc(N)nc2=O)C1(F)F. The number of phosphoric acid groups is 1. The van der Waals surface area contributed by atoms with Gasteiger partial charge in [-0.05, 0) is 30.3 Å². The van der Waals surface area contributed by atoms with Gasteiger partial charge in [0.05, 0.1) is 19.3 Å². The van der Waals surface area contributed by atoms with Crippen molar-refractivity contribution < 1.29 is 44.9 Å². The molecule has 2 N–H and O–H groups in total. The van der Waals surface area contributed by atoms with Gasteiger partial charge in [0.25, 0.3) is 0 Å². The molecule has 2 aliphatic heterocycles. The molecule has 2 saturated heterocycles. The van der Waals surface area contributed by atoms with Crippen LogP contribution in [0.1, 0.15) is 45.1 Å². The summed E-state index contributed by atoms with van der Waals surface area (Å²) in [6.45, 7) is 8.16. The van der Waals surface area contributed by atoms with Gasteiger partial charge >= 0.3 is 19.4 Å². The van der Waals surface area contributed by atoms with E-state index in [9.17, 15) is 18.1 Å². The summed E-state index contributed by atoms with van der Waals surface area (Å²) in [6.07, 6.45) is -5.70. The standard InChI is InChI=1S/C24H32F4N3O7PSi/c1-23(2,3)40(4,5)38-20-17(36-21(24(20,27)28)31-11-9-18(29)30-22(31)32)13-35-39(33)34-12-10-16(37-39)14-7-6-8-15(25)19(14)26/h6-9,11,16-17,20-21H,10,12-13H2,1-5H3,(H2,29,30,32)/t16-,17-,20-,21-,39+/m1/s1. The number of nitrogens with two attached hydrogens (primary N) is 1. The number of rotatable bonds is 7. The molecular weight excluding hydrogens is 577 g/mol. The molecular formula is C24H32F4N3O7PSi. The highest BCUT2D eigenvalue weighted by atomic mass is 31.2. The Balaban J connectivity index is 1.60. The molecule has 16 heteroatoms. The Morgan fingerprint density at radius 1 is 1.25 bits per heavy atom. The molecule has 1 aromatic heterocycles. The van der Waals surface area contributed by atoms with Crippen LogP contribution < -0.4 is 11.4 Å². The number of alkyl halides is 2. The number of phosphoric ester groups is 1. The second-order valence-corrected chi connectivity index (χ2v) is 17.5.